The van der Waals surface area contributed by atoms with Crippen LogP contribution in [0.4, 0.5) is 0 Å². The first-order valence-corrected chi connectivity index (χ1v) is 2.63. The van der Waals surface area contributed by atoms with Crippen molar-refractivity contribution in [3.8, 4) is 0 Å². The second-order valence-corrected chi connectivity index (χ2v) is 2.50. The van der Waals surface area contributed by atoms with E-state index in [2.05, 4.69) is 6.58 Å². The molecule has 0 bridgehead atoms. The maximum absolute atomic E-state index is 10.5. The van der Waals surface area contributed by atoms with E-state index in [0.717, 1.165) is 6.08 Å². The predicted molar refractivity (Wildman–Crippen MR) is 34.3 cm³/mol. The van der Waals surface area contributed by atoms with Gasteiger partial charge >= 0.3 is 5.97 Å². The largest absolute Gasteiger partial charge is 1.00 e. The summed E-state index contributed by atoms with van der Waals surface area (Å²) in [7, 11) is 5.25. The summed E-state index contributed by atoms with van der Waals surface area (Å²) in [5.74, 6) is -0.400. The Balaban J connectivity index is 0. The molecule has 0 spiro atoms. The van der Waals surface area contributed by atoms with Crippen molar-refractivity contribution in [3.05, 3.63) is 12.7 Å². The summed E-state index contributed by atoms with van der Waals surface area (Å²) in [5, 5.41) is 0. The third kappa shape index (κ3) is 7.46. The van der Waals surface area contributed by atoms with Crippen molar-refractivity contribution in [1.29, 1.82) is 0 Å². The molecule has 0 aromatic carbocycles. The monoisotopic (exact) mass is 165 g/mol. The van der Waals surface area contributed by atoms with Crippen LogP contribution in [-0.4, -0.2) is 31.8 Å². The highest BCUT2D eigenvalue weighted by atomic mass is 35.5. The molecule has 3 nitrogen and oxygen atoms in total. The molecule has 0 aromatic rings. The predicted octanol–water partition coefficient (Wildman–Crippen LogP) is -2.66. The van der Waals surface area contributed by atoms with Crippen molar-refractivity contribution in [2.24, 2.45) is 0 Å². The number of carbonyl (C=O) groups excluding carboxylic acids is 1. The van der Waals surface area contributed by atoms with E-state index in [9.17, 15) is 4.79 Å². The van der Waals surface area contributed by atoms with E-state index in [4.69, 9.17) is 4.84 Å². The van der Waals surface area contributed by atoms with Gasteiger partial charge in [-0.05, 0) is 0 Å². The van der Waals surface area contributed by atoms with Crippen molar-refractivity contribution in [2.45, 2.75) is 0 Å². The third-order valence-electron chi connectivity index (χ3n) is 0.531. The van der Waals surface area contributed by atoms with Crippen LogP contribution in [0.15, 0.2) is 12.7 Å². The summed E-state index contributed by atoms with van der Waals surface area (Å²) in [6.45, 7) is 3.26. The first-order valence-electron chi connectivity index (χ1n) is 2.63. The Kier molecular flexibility index (Phi) is 5.24. The molecule has 0 aliphatic rings. The van der Waals surface area contributed by atoms with Crippen LogP contribution in [0.5, 0.6) is 0 Å². The average molecular weight is 166 g/mol. The van der Waals surface area contributed by atoms with Crippen LogP contribution in [0.1, 0.15) is 0 Å². The Hall–Kier alpha value is -0.540. The fourth-order valence-corrected chi connectivity index (χ4v) is 0.307. The van der Waals surface area contributed by atoms with Gasteiger partial charge in [-0.25, -0.2) is 4.79 Å². The number of rotatable bonds is 2. The lowest BCUT2D eigenvalue weighted by atomic mass is 10.7. The minimum absolute atomic E-state index is 0. The van der Waals surface area contributed by atoms with E-state index >= 15 is 0 Å². The maximum Gasteiger partial charge on any atom is 0.389 e. The van der Waals surface area contributed by atoms with Crippen LogP contribution >= 0.6 is 0 Å². The Morgan fingerprint density at radius 1 is 1.50 bits per heavy atom. The second-order valence-electron chi connectivity index (χ2n) is 2.50. The first kappa shape index (κ1) is 12.2. The van der Waals surface area contributed by atoms with Crippen LogP contribution in [0.2, 0.25) is 0 Å². The van der Waals surface area contributed by atoms with E-state index in [1.165, 1.54) is 0 Å². The second kappa shape index (κ2) is 4.30. The van der Waals surface area contributed by atoms with Gasteiger partial charge < -0.3 is 12.4 Å². The van der Waals surface area contributed by atoms with Gasteiger partial charge in [-0.15, -0.1) is 4.65 Å². The van der Waals surface area contributed by atoms with Gasteiger partial charge in [-0.1, -0.05) is 6.58 Å². The molecular weight excluding hydrogens is 154 g/mol. The zero-order valence-electron chi connectivity index (χ0n) is 6.43. The molecule has 0 fully saturated rings. The SMILES string of the molecule is C=CC(=O)O[N+](C)(C)C.[Cl-]. The van der Waals surface area contributed by atoms with E-state index in [1.807, 2.05) is 0 Å². The van der Waals surface area contributed by atoms with E-state index in [1.54, 1.807) is 21.1 Å². The third-order valence-corrected chi connectivity index (χ3v) is 0.531. The molecule has 0 saturated heterocycles. The lowest BCUT2D eigenvalue weighted by Crippen LogP contribution is -3.00. The standard InChI is InChI=1S/C6H12NO2.ClH/c1-5-6(8)9-7(2,3)4;/h5H,1H2,2-4H3;1H/q+1;/p-1. The molecule has 0 aliphatic heterocycles. The molecule has 0 aromatic heterocycles. The zero-order chi connectivity index (χ0) is 7.49. The smallest absolute Gasteiger partial charge is 0.389 e. The molecule has 0 heterocycles. The molecule has 4 heteroatoms. The molecular formula is C6H12ClNO2. The van der Waals surface area contributed by atoms with Crippen LogP contribution < -0.4 is 12.4 Å². The number of hydrogen-bond acceptors (Lipinski definition) is 2. The number of hydrogen-bond donors (Lipinski definition) is 0. The summed E-state index contributed by atoms with van der Waals surface area (Å²) < 4.78 is 0.171. The lowest BCUT2D eigenvalue weighted by Gasteiger charge is -2.18. The molecule has 0 radical (unpaired) electrons. The fraction of sp³-hybridized carbons (Fsp3) is 0.500. The van der Waals surface area contributed by atoms with Gasteiger partial charge in [0.05, 0.1) is 0 Å². The highest BCUT2D eigenvalue weighted by Gasteiger charge is 2.11. The van der Waals surface area contributed by atoms with Crippen molar-refractivity contribution in [1.82, 2.24) is 0 Å². The number of halogens is 1. The molecule has 0 N–H and O–H groups in total. The highest BCUT2D eigenvalue weighted by molar-refractivity contribution is 5.80. The molecule has 0 aliphatic carbocycles. The minimum Gasteiger partial charge on any atom is -1.00 e. The summed E-state index contributed by atoms with van der Waals surface area (Å²) in [4.78, 5) is 15.2. The molecule has 0 saturated carbocycles. The van der Waals surface area contributed by atoms with Gasteiger partial charge in [-0.3, -0.25) is 4.84 Å². The lowest BCUT2D eigenvalue weighted by molar-refractivity contribution is -1.04. The molecule has 60 valence electrons. The average Bonchev–Trinajstić information content (AvgIpc) is 1.62. The normalized spacial score (nSPS) is 9.50. The quantitative estimate of drug-likeness (QED) is 0.254. The summed E-state index contributed by atoms with van der Waals surface area (Å²) in [6.07, 6.45) is 1.14. The van der Waals surface area contributed by atoms with Crippen LogP contribution in [0.3, 0.4) is 0 Å². The molecule has 0 unspecified atom stereocenters. The van der Waals surface area contributed by atoms with E-state index in [0.29, 0.717) is 0 Å². The van der Waals surface area contributed by atoms with E-state index in [-0.39, 0.29) is 17.1 Å². The van der Waals surface area contributed by atoms with E-state index < -0.39 is 5.97 Å². The van der Waals surface area contributed by atoms with Crippen molar-refractivity contribution >= 4 is 5.97 Å². The number of hydroxylamine groups is 3. The van der Waals surface area contributed by atoms with Crippen LogP contribution in [0, 0.1) is 0 Å². The van der Waals surface area contributed by atoms with Gasteiger partial charge in [-0.2, -0.15) is 0 Å². The fourth-order valence-electron chi connectivity index (χ4n) is 0.307. The van der Waals surface area contributed by atoms with Crippen LogP contribution in [0.25, 0.3) is 0 Å². The first-order chi connectivity index (χ1) is 3.95. The summed E-state index contributed by atoms with van der Waals surface area (Å²) in [6, 6.07) is 0. The highest BCUT2D eigenvalue weighted by Crippen LogP contribution is 1.92. The number of carbonyl (C=O) groups is 1. The van der Waals surface area contributed by atoms with Gasteiger partial charge in [0, 0.05) is 6.08 Å². The Morgan fingerprint density at radius 3 is 2.00 bits per heavy atom. The van der Waals surface area contributed by atoms with Gasteiger partial charge in [0.15, 0.2) is 0 Å². The molecule has 10 heavy (non-hydrogen) atoms. The number of quaternary nitrogens is 1. The summed E-state index contributed by atoms with van der Waals surface area (Å²) >= 11 is 0. The van der Waals surface area contributed by atoms with Crippen molar-refractivity contribution < 1.29 is 26.7 Å². The zero-order valence-corrected chi connectivity index (χ0v) is 7.18. The Morgan fingerprint density at radius 2 is 1.90 bits per heavy atom. The molecule has 0 amide bonds. The van der Waals surface area contributed by atoms with Gasteiger partial charge in [0.25, 0.3) is 0 Å². The van der Waals surface area contributed by atoms with Gasteiger partial charge in [0.2, 0.25) is 0 Å². The topological polar surface area (TPSA) is 26.3 Å². The molecule has 0 atom stereocenters. The van der Waals surface area contributed by atoms with Crippen molar-refractivity contribution in [2.75, 3.05) is 21.1 Å². The van der Waals surface area contributed by atoms with Crippen molar-refractivity contribution in [3.63, 3.8) is 0 Å². The van der Waals surface area contributed by atoms with Crippen LogP contribution in [-0.2, 0) is 9.63 Å². The minimum atomic E-state index is -0.400. The molecule has 0 rings (SSSR count). The number of nitrogens with zero attached hydrogens (tertiary/aromatic N) is 1. The summed E-state index contributed by atoms with van der Waals surface area (Å²) in [5.41, 5.74) is 0. The Bertz CT molecular complexity index is 128. The van der Waals surface area contributed by atoms with Gasteiger partial charge in [0.1, 0.15) is 21.1 Å². The maximum atomic E-state index is 10.5. The Labute approximate surface area is 67.2 Å².